The van der Waals surface area contributed by atoms with Crippen molar-refractivity contribution in [3.63, 3.8) is 0 Å². The standard InChI is InChI=1S/C20H21N3O/c1-16-13-22(14-17-6-2-3-9-20(17)24-16)15-19-8-5-11-23(19)18-7-4-10-21-12-18/h2-12,16H,13-15H2,1H3/t16-/m0/s1. The van der Waals surface area contributed by atoms with E-state index in [0.717, 1.165) is 31.1 Å². The molecule has 0 amide bonds. The first kappa shape index (κ1) is 15.0. The first-order valence-corrected chi connectivity index (χ1v) is 8.33. The summed E-state index contributed by atoms with van der Waals surface area (Å²) < 4.78 is 8.27. The molecule has 0 unspecified atom stereocenters. The molecule has 0 fully saturated rings. The summed E-state index contributed by atoms with van der Waals surface area (Å²) in [4.78, 5) is 6.67. The van der Waals surface area contributed by atoms with E-state index in [-0.39, 0.29) is 6.10 Å². The van der Waals surface area contributed by atoms with Crippen LogP contribution in [0.3, 0.4) is 0 Å². The van der Waals surface area contributed by atoms with Gasteiger partial charge in [-0.05, 0) is 37.3 Å². The fourth-order valence-corrected chi connectivity index (χ4v) is 3.32. The first-order valence-electron chi connectivity index (χ1n) is 8.33. The monoisotopic (exact) mass is 319 g/mol. The van der Waals surface area contributed by atoms with Crippen molar-refractivity contribution in [2.45, 2.75) is 26.1 Å². The summed E-state index contributed by atoms with van der Waals surface area (Å²) in [5, 5.41) is 0. The van der Waals surface area contributed by atoms with Crippen molar-refractivity contribution in [2.75, 3.05) is 6.54 Å². The summed E-state index contributed by atoms with van der Waals surface area (Å²) in [7, 11) is 0. The molecule has 24 heavy (non-hydrogen) atoms. The Bertz CT molecular complexity index is 813. The Balaban J connectivity index is 1.59. The van der Waals surface area contributed by atoms with E-state index >= 15 is 0 Å². The molecule has 3 aromatic rings. The number of para-hydroxylation sites is 1. The lowest BCUT2D eigenvalue weighted by molar-refractivity contribution is 0.155. The fraction of sp³-hybridized carbons (Fsp3) is 0.250. The van der Waals surface area contributed by atoms with Gasteiger partial charge in [0, 0.05) is 43.3 Å². The van der Waals surface area contributed by atoms with Gasteiger partial charge in [-0.15, -0.1) is 0 Å². The molecule has 122 valence electrons. The Morgan fingerprint density at radius 1 is 1.12 bits per heavy atom. The van der Waals surface area contributed by atoms with Gasteiger partial charge in [0.25, 0.3) is 0 Å². The second kappa shape index (κ2) is 6.49. The van der Waals surface area contributed by atoms with Crippen molar-refractivity contribution in [1.29, 1.82) is 0 Å². The van der Waals surface area contributed by atoms with Crippen LogP contribution in [0.5, 0.6) is 5.75 Å². The number of aromatic nitrogens is 2. The molecule has 0 saturated heterocycles. The third kappa shape index (κ3) is 3.05. The lowest BCUT2D eigenvalue weighted by Crippen LogP contribution is -2.31. The van der Waals surface area contributed by atoms with Gasteiger partial charge in [0.2, 0.25) is 0 Å². The smallest absolute Gasteiger partial charge is 0.124 e. The van der Waals surface area contributed by atoms with Crippen LogP contribution in [0.2, 0.25) is 0 Å². The Labute approximate surface area is 142 Å². The van der Waals surface area contributed by atoms with Gasteiger partial charge in [-0.25, -0.2) is 0 Å². The molecule has 0 bridgehead atoms. The molecule has 0 N–H and O–H groups in total. The number of pyridine rings is 1. The van der Waals surface area contributed by atoms with Crippen molar-refractivity contribution in [2.24, 2.45) is 0 Å². The van der Waals surface area contributed by atoms with E-state index in [1.165, 1.54) is 11.3 Å². The maximum atomic E-state index is 6.06. The molecule has 2 aromatic heterocycles. The highest BCUT2D eigenvalue weighted by Crippen LogP contribution is 2.26. The Kier molecular flexibility index (Phi) is 4.05. The van der Waals surface area contributed by atoms with Gasteiger partial charge in [0.15, 0.2) is 0 Å². The number of hydrogen-bond acceptors (Lipinski definition) is 3. The van der Waals surface area contributed by atoms with Gasteiger partial charge in [-0.3, -0.25) is 9.88 Å². The van der Waals surface area contributed by atoms with Crippen molar-refractivity contribution < 1.29 is 4.74 Å². The third-order valence-corrected chi connectivity index (χ3v) is 4.35. The Morgan fingerprint density at radius 2 is 2.04 bits per heavy atom. The first-order chi connectivity index (χ1) is 11.8. The molecular weight excluding hydrogens is 298 g/mol. The Morgan fingerprint density at radius 3 is 2.92 bits per heavy atom. The number of rotatable bonds is 3. The predicted octanol–water partition coefficient (Wildman–Crippen LogP) is 3.66. The molecule has 3 heterocycles. The molecule has 0 spiro atoms. The minimum absolute atomic E-state index is 0.176. The summed E-state index contributed by atoms with van der Waals surface area (Å²) in [5.41, 5.74) is 3.60. The van der Waals surface area contributed by atoms with Crippen molar-refractivity contribution in [3.8, 4) is 11.4 Å². The maximum Gasteiger partial charge on any atom is 0.124 e. The topological polar surface area (TPSA) is 30.3 Å². The zero-order valence-corrected chi connectivity index (χ0v) is 13.8. The summed E-state index contributed by atoms with van der Waals surface area (Å²) >= 11 is 0. The molecule has 4 heteroatoms. The highest BCUT2D eigenvalue weighted by Gasteiger charge is 2.20. The van der Waals surface area contributed by atoms with Crippen LogP contribution in [0.1, 0.15) is 18.2 Å². The average molecular weight is 319 g/mol. The fourth-order valence-electron chi connectivity index (χ4n) is 3.32. The van der Waals surface area contributed by atoms with Crippen LogP contribution < -0.4 is 4.74 Å². The molecule has 0 radical (unpaired) electrons. The van der Waals surface area contributed by atoms with Gasteiger partial charge in [-0.1, -0.05) is 18.2 Å². The number of nitrogens with zero attached hydrogens (tertiary/aromatic N) is 3. The highest BCUT2D eigenvalue weighted by molar-refractivity contribution is 5.35. The van der Waals surface area contributed by atoms with Gasteiger partial charge in [0.1, 0.15) is 11.9 Å². The van der Waals surface area contributed by atoms with Gasteiger partial charge in [-0.2, -0.15) is 0 Å². The molecule has 1 aliphatic rings. The number of fused-ring (bicyclic) bond motifs is 1. The SMILES string of the molecule is C[C@H]1CN(Cc2cccn2-c2cccnc2)Cc2ccccc2O1. The molecule has 1 aromatic carbocycles. The van der Waals surface area contributed by atoms with Crippen LogP contribution in [0.25, 0.3) is 5.69 Å². The van der Waals surface area contributed by atoms with Gasteiger partial charge < -0.3 is 9.30 Å². The van der Waals surface area contributed by atoms with E-state index in [1.807, 2.05) is 18.3 Å². The zero-order chi connectivity index (χ0) is 16.4. The van der Waals surface area contributed by atoms with E-state index in [9.17, 15) is 0 Å². The molecule has 1 aliphatic heterocycles. The lowest BCUT2D eigenvalue weighted by Gasteiger charge is -2.22. The number of hydrogen-bond donors (Lipinski definition) is 0. The summed E-state index contributed by atoms with van der Waals surface area (Å²) in [6.07, 6.45) is 5.97. The highest BCUT2D eigenvalue weighted by atomic mass is 16.5. The molecule has 4 nitrogen and oxygen atoms in total. The molecule has 4 rings (SSSR count). The van der Waals surface area contributed by atoms with Crippen LogP contribution >= 0.6 is 0 Å². The third-order valence-electron chi connectivity index (χ3n) is 4.35. The molecule has 0 aliphatic carbocycles. The van der Waals surface area contributed by atoms with E-state index < -0.39 is 0 Å². The summed E-state index contributed by atoms with van der Waals surface area (Å²) in [6.45, 7) is 4.82. The largest absolute Gasteiger partial charge is 0.489 e. The average Bonchev–Trinajstić information content (AvgIpc) is 2.98. The minimum Gasteiger partial charge on any atom is -0.489 e. The summed E-state index contributed by atoms with van der Waals surface area (Å²) in [6, 6.07) is 16.7. The van der Waals surface area contributed by atoms with Gasteiger partial charge >= 0.3 is 0 Å². The molecule has 0 saturated carbocycles. The van der Waals surface area contributed by atoms with E-state index in [4.69, 9.17) is 4.74 Å². The normalized spacial score (nSPS) is 17.8. The van der Waals surface area contributed by atoms with Crippen LogP contribution in [0, 0.1) is 0 Å². The number of benzene rings is 1. The van der Waals surface area contributed by atoms with Crippen LogP contribution in [0.15, 0.2) is 67.1 Å². The van der Waals surface area contributed by atoms with E-state index in [0.29, 0.717) is 0 Å². The lowest BCUT2D eigenvalue weighted by atomic mass is 10.2. The minimum atomic E-state index is 0.176. The second-order valence-corrected chi connectivity index (χ2v) is 6.29. The Hall–Kier alpha value is -2.59. The van der Waals surface area contributed by atoms with Crippen molar-refractivity contribution >= 4 is 0 Å². The van der Waals surface area contributed by atoms with Gasteiger partial charge in [0.05, 0.1) is 11.9 Å². The van der Waals surface area contributed by atoms with E-state index in [2.05, 4.69) is 64.0 Å². The second-order valence-electron chi connectivity index (χ2n) is 6.29. The van der Waals surface area contributed by atoms with Crippen LogP contribution in [-0.4, -0.2) is 27.1 Å². The van der Waals surface area contributed by atoms with Crippen molar-refractivity contribution in [3.05, 3.63) is 78.4 Å². The molecule has 1 atom stereocenters. The van der Waals surface area contributed by atoms with Crippen molar-refractivity contribution in [1.82, 2.24) is 14.5 Å². The van der Waals surface area contributed by atoms with Crippen LogP contribution in [-0.2, 0) is 13.1 Å². The quantitative estimate of drug-likeness (QED) is 0.738. The predicted molar refractivity (Wildman–Crippen MR) is 94.2 cm³/mol. The number of ether oxygens (including phenoxy) is 1. The van der Waals surface area contributed by atoms with E-state index in [1.54, 1.807) is 6.20 Å². The maximum absolute atomic E-state index is 6.06. The zero-order valence-electron chi connectivity index (χ0n) is 13.8. The van der Waals surface area contributed by atoms with Crippen LogP contribution in [0.4, 0.5) is 0 Å². The molecular formula is C20H21N3O. The summed E-state index contributed by atoms with van der Waals surface area (Å²) in [5.74, 6) is 1.01.